The molecule has 4 rings (SSSR count). The summed E-state index contributed by atoms with van der Waals surface area (Å²) < 4.78 is 40.6. The fourth-order valence-corrected chi connectivity index (χ4v) is 6.11. The van der Waals surface area contributed by atoms with E-state index in [2.05, 4.69) is 5.32 Å². The Morgan fingerprint density at radius 3 is 2.04 bits per heavy atom. The second-order valence-electron chi connectivity index (χ2n) is 12.0. The van der Waals surface area contributed by atoms with Crippen molar-refractivity contribution >= 4 is 27.5 Å². The van der Waals surface area contributed by atoms with Crippen LogP contribution in [-0.2, 0) is 26.2 Å². The minimum Gasteiger partial charge on any atom is -0.497 e. The number of anilines is 1. The number of aryl methyl sites for hydroxylation is 1. The Labute approximate surface area is 271 Å². The van der Waals surface area contributed by atoms with Crippen molar-refractivity contribution in [3.63, 3.8) is 0 Å². The number of carbonyl (C=O) groups excluding carboxylic acids is 2. The van der Waals surface area contributed by atoms with Gasteiger partial charge in [-0.05, 0) is 101 Å². The number of hydrogen-bond donors (Lipinski definition) is 1. The molecular formula is C36H41N3O6S. The van der Waals surface area contributed by atoms with Crippen LogP contribution in [0.3, 0.4) is 0 Å². The average Bonchev–Trinajstić information content (AvgIpc) is 3.02. The summed E-state index contributed by atoms with van der Waals surface area (Å²) in [6, 6.07) is 28.4. The average molecular weight is 644 g/mol. The molecule has 4 aromatic carbocycles. The van der Waals surface area contributed by atoms with E-state index < -0.39 is 34.1 Å². The molecule has 1 N–H and O–H groups in total. The number of amides is 2. The minimum atomic E-state index is -4.21. The molecule has 0 saturated heterocycles. The van der Waals surface area contributed by atoms with Gasteiger partial charge in [-0.15, -0.1) is 0 Å². The number of sulfonamides is 1. The van der Waals surface area contributed by atoms with E-state index in [-0.39, 0.29) is 23.0 Å². The quantitative estimate of drug-likeness (QED) is 0.194. The minimum absolute atomic E-state index is 0.0355. The Morgan fingerprint density at radius 1 is 0.826 bits per heavy atom. The number of nitrogens with zero attached hydrogens (tertiary/aromatic N) is 2. The summed E-state index contributed by atoms with van der Waals surface area (Å²) in [4.78, 5) is 29.0. The third kappa shape index (κ3) is 8.88. The first-order valence-corrected chi connectivity index (χ1v) is 16.4. The van der Waals surface area contributed by atoms with Crippen molar-refractivity contribution < 1.29 is 27.5 Å². The zero-order chi connectivity index (χ0) is 33.5. The number of methoxy groups -OCH3 is 1. The molecule has 0 aliphatic heterocycles. The molecule has 0 aromatic heterocycles. The predicted octanol–water partition coefficient (Wildman–Crippen LogP) is 6.32. The summed E-state index contributed by atoms with van der Waals surface area (Å²) in [5.41, 5.74) is 1.34. The lowest BCUT2D eigenvalue weighted by atomic mass is 10.1. The summed E-state index contributed by atoms with van der Waals surface area (Å²) in [5.74, 6) is 0.809. The number of para-hydroxylation sites is 1. The number of nitrogens with one attached hydrogen (secondary N) is 1. The van der Waals surface area contributed by atoms with Crippen LogP contribution >= 0.6 is 0 Å². The zero-order valence-electron chi connectivity index (χ0n) is 27.1. The highest BCUT2D eigenvalue weighted by Gasteiger charge is 2.33. The standard InChI is InChI=1S/C36H41N3O6S/c1-26-15-21-33(22-16-26)46(42,43)39(29-17-19-31(20-18-29)45-30-12-8-7-9-13-30)25-34(40)38(27(2)35(41)37-36(3,4)5)24-28-11-10-14-32(23-28)44-6/h7-23,27H,24-25H2,1-6H3,(H,37,41)/t27-/m0/s1. The monoisotopic (exact) mass is 643 g/mol. The zero-order valence-corrected chi connectivity index (χ0v) is 27.9. The lowest BCUT2D eigenvalue weighted by Gasteiger charge is -2.33. The topological polar surface area (TPSA) is 105 Å². The van der Waals surface area contributed by atoms with Gasteiger partial charge in [0.15, 0.2) is 0 Å². The molecule has 0 unspecified atom stereocenters. The molecule has 46 heavy (non-hydrogen) atoms. The number of rotatable bonds is 12. The molecule has 4 aromatic rings. The van der Waals surface area contributed by atoms with Crippen LogP contribution in [0.4, 0.5) is 5.69 Å². The summed E-state index contributed by atoms with van der Waals surface area (Å²) in [6.45, 7) is 8.56. The van der Waals surface area contributed by atoms with Crippen LogP contribution in [0.1, 0.15) is 38.8 Å². The molecule has 0 saturated carbocycles. The van der Waals surface area contributed by atoms with Gasteiger partial charge in [-0.3, -0.25) is 13.9 Å². The molecule has 0 bridgehead atoms. The first-order valence-electron chi connectivity index (χ1n) is 14.9. The molecule has 0 spiro atoms. The molecule has 9 nitrogen and oxygen atoms in total. The van der Waals surface area contributed by atoms with Crippen LogP contribution in [0.25, 0.3) is 0 Å². The summed E-state index contributed by atoms with van der Waals surface area (Å²) in [6.07, 6.45) is 0. The third-order valence-corrected chi connectivity index (χ3v) is 8.93. The van der Waals surface area contributed by atoms with Crippen LogP contribution in [0.15, 0.2) is 108 Å². The van der Waals surface area contributed by atoms with E-state index in [1.54, 1.807) is 68.6 Å². The first kappa shape index (κ1) is 34.1. The van der Waals surface area contributed by atoms with Crippen molar-refractivity contribution in [3.8, 4) is 17.2 Å². The van der Waals surface area contributed by atoms with Crippen molar-refractivity contribution in [3.05, 3.63) is 114 Å². The molecule has 10 heteroatoms. The van der Waals surface area contributed by atoms with E-state index in [0.717, 1.165) is 15.4 Å². The van der Waals surface area contributed by atoms with Crippen molar-refractivity contribution in [1.82, 2.24) is 10.2 Å². The molecule has 242 valence electrons. The van der Waals surface area contributed by atoms with Crippen molar-refractivity contribution in [2.75, 3.05) is 18.0 Å². The number of ether oxygens (including phenoxy) is 2. The largest absolute Gasteiger partial charge is 0.497 e. The highest BCUT2D eigenvalue weighted by atomic mass is 32.2. The van der Waals surface area contributed by atoms with Crippen LogP contribution in [-0.4, -0.2) is 50.4 Å². The first-order chi connectivity index (χ1) is 21.8. The van der Waals surface area contributed by atoms with E-state index >= 15 is 0 Å². The normalized spacial score (nSPS) is 12.1. The SMILES string of the molecule is COc1cccc(CN(C(=O)CN(c2ccc(Oc3ccccc3)cc2)S(=O)(=O)c2ccc(C)cc2)[C@@H](C)C(=O)NC(C)(C)C)c1. The maximum Gasteiger partial charge on any atom is 0.264 e. The second kappa shape index (κ2) is 14.5. The van der Waals surface area contributed by atoms with Crippen molar-refractivity contribution in [1.29, 1.82) is 0 Å². The Hall–Kier alpha value is -4.83. The van der Waals surface area contributed by atoms with Crippen LogP contribution in [0.5, 0.6) is 17.2 Å². The fourth-order valence-electron chi connectivity index (χ4n) is 4.70. The van der Waals surface area contributed by atoms with E-state index in [4.69, 9.17) is 9.47 Å². The van der Waals surface area contributed by atoms with Gasteiger partial charge in [0.25, 0.3) is 10.0 Å². The number of benzene rings is 4. The van der Waals surface area contributed by atoms with Crippen molar-refractivity contribution in [2.45, 2.75) is 57.6 Å². The molecule has 0 aliphatic carbocycles. The van der Waals surface area contributed by atoms with Gasteiger partial charge >= 0.3 is 0 Å². The van der Waals surface area contributed by atoms with Gasteiger partial charge in [0.05, 0.1) is 17.7 Å². The van der Waals surface area contributed by atoms with Crippen molar-refractivity contribution in [2.24, 2.45) is 0 Å². The fraction of sp³-hybridized carbons (Fsp3) is 0.278. The van der Waals surface area contributed by atoms with Crippen LogP contribution in [0, 0.1) is 6.92 Å². The van der Waals surface area contributed by atoms with Gasteiger partial charge in [-0.25, -0.2) is 8.42 Å². The van der Waals surface area contributed by atoms with Gasteiger partial charge in [0, 0.05) is 12.1 Å². The maximum absolute atomic E-state index is 14.2. The van der Waals surface area contributed by atoms with Gasteiger partial charge in [0.1, 0.15) is 29.8 Å². The third-order valence-electron chi connectivity index (χ3n) is 7.14. The van der Waals surface area contributed by atoms with E-state index in [0.29, 0.717) is 17.2 Å². The number of hydrogen-bond acceptors (Lipinski definition) is 6. The van der Waals surface area contributed by atoms with Gasteiger partial charge in [0.2, 0.25) is 11.8 Å². The van der Waals surface area contributed by atoms with Gasteiger partial charge in [-0.2, -0.15) is 0 Å². The maximum atomic E-state index is 14.2. The Balaban J connectivity index is 1.72. The lowest BCUT2D eigenvalue weighted by molar-refractivity contribution is -0.140. The number of carbonyl (C=O) groups is 2. The van der Waals surface area contributed by atoms with E-state index in [1.165, 1.54) is 17.0 Å². The highest BCUT2D eigenvalue weighted by molar-refractivity contribution is 7.92. The highest BCUT2D eigenvalue weighted by Crippen LogP contribution is 2.29. The predicted molar refractivity (Wildman–Crippen MR) is 180 cm³/mol. The summed E-state index contributed by atoms with van der Waals surface area (Å²) >= 11 is 0. The van der Waals surface area contributed by atoms with Gasteiger partial charge in [-0.1, -0.05) is 48.0 Å². The smallest absolute Gasteiger partial charge is 0.264 e. The molecule has 1 atom stereocenters. The lowest BCUT2D eigenvalue weighted by Crippen LogP contribution is -2.54. The van der Waals surface area contributed by atoms with E-state index in [9.17, 15) is 18.0 Å². The molecule has 0 aliphatic rings. The Kier molecular flexibility index (Phi) is 10.7. The second-order valence-corrected chi connectivity index (χ2v) is 13.9. The summed E-state index contributed by atoms with van der Waals surface area (Å²) in [7, 11) is -2.66. The van der Waals surface area contributed by atoms with Crippen LogP contribution < -0.4 is 19.1 Å². The van der Waals surface area contributed by atoms with Crippen LogP contribution in [0.2, 0.25) is 0 Å². The summed E-state index contributed by atoms with van der Waals surface area (Å²) in [5, 5.41) is 2.93. The molecule has 0 heterocycles. The van der Waals surface area contributed by atoms with Gasteiger partial charge < -0.3 is 19.7 Å². The molecule has 2 amide bonds. The molecule has 0 radical (unpaired) electrons. The Bertz CT molecular complexity index is 1740. The van der Waals surface area contributed by atoms with E-state index in [1.807, 2.05) is 64.1 Å². The molecular weight excluding hydrogens is 602 g/mol. The Morgan fingerprint density at radius 2 is 1.43 bits per heavy atom. The molecule has 0 fully saturated rings.